The standard InChI is InChI=1S/C34H37FN4O6S.C2HF3O2/c1-5-45-28-19-22(10-13-27(28)35)30(38-23-11-12-24-21(18-23)14-16-37-32(24)36)33(40)39-17-15-26(34(41)44-4)31(39)25-8-6-7-9-29(25)46(42,43)20(2)3;3-2(4,5)1(6)7/h6-14,16,18-20,26,30-31,38H,5,15,17H2,1-4H3,(H2,36,37);(H,6,7)/t26-,30?,31-;/m1./s1. The molecule has 1 fully saturated rings. The van der Waals surface area contributed by atoms with Gasteiger partial charge in [-0.3, -0.25) is 9.59 Å². The number of esters is 1. The molecule has 284 valence electrons. The van der Waals surface area contributed by atoms with E-state index in [1.807, 2.05) is 6.07 Å². The highest BCUT2D eigenvalue weighted by Gasteiger charge is 2.46. The number of anilines is 2. The molecule has 0 aliphatic carbocycles. The van der Waals surface area contributed by atoms with Crippen molar-refractivity contribution >= 4 is 50.0 Å². The van der Waals surface area contributed by atoms with E-state index in [-0.39, 0.29) is 30.2 Å². The largest absolute Gasteiger partial charge is 0.491 e. The van der Waals surface area contributed by atoms with E-state index in [0.717, 1.165) is 10.8 Å². The Bertz CT molecular complexity index is 2100. The summed E-state index contributed by atoms with van der Waals surface area (Å²) in [4.78, 5) is 42.4. The number of nitrogens with one attached hydrogen (secondary N) is 1. The number of carboxylic acids is 1. The number of nitrogens with two attached hydrogens (primary N) is 1. The van der Waals surface area contributed by atoms with E-state index in [0.29, 0.717) is 22.6 Å². The number of carbonyl (C=O) groups is 3. The number of aliphatic carboxylic acids is 1. The van der Waals surface area contributed by atoms with Crippen LogP contribution in [-0.4, -0.2) is 72.9 Å². The first kappa shape index (κ1) is 40.3. The predicted molar refractivity (Wildman–Crippen MR) is 187 cm³/mol. The SMILES string of the molecule is CCOc1cc(C(Nc2ccc3c(N)nccc3c2)C(=O)N2CC[C@@H](C(=O)OC)[C@H]2c2ccccc2S(=O)(=O)C(C)C)ccc1F.O=C(O)C(F)(F)F. The van der Waals surface area contributed by atoms with Crippen LogP contribution in [-0.2, 0) is 29.0 Å². The van der Waals surface area contributed by atoms with Gasteiger partial charge in [0.25, 0.3) is 0 Å². The first-order valence-corrected chi connectivity index (χ1v) is 17.8. The lowest BCUT2D eigenvalue weighted by molar-refractivity contribution is -0.192. The molecule has 0 saturated carbocycles. The summed E-state index contributed by atoms with van der Waals surface area (Å²) in [6.45, 7) is 5.25. The third-order valence-electron chi connectivity index (χ3n) is 8.53. The van der Waals surface area contributed by atoms with Crippen molar-refractivity contribution in [1.82, 2.24) is 9.88 Å². The fourth-order valence-corrected chi connectivity index (χ4v) is 7.23. The Labute approximate surface area is 302 Å². The molecular formula is C36H38F4N4O8S. The summed E-state index contributed by atoms with van der Waals surface area (Å²) in [6, 6.07) is 15.8. The molecular weight excluding hydrogens is 724 g/mol. The van der Waals surface area contributed by atoms with Crippen molar-refractivity contribution in [3.63, 3.8) is 0 Å². The highest BCUT2D eigenvalue weighted by atomic mass is 32.2. The van der Waals surface area contributed by atoms with Gasteiger partial charge in [-0.15, -0.1) is 0 Å². The van der Waals surface area contributed by atoms with Gasteiger partial charge in [-0.2, -0.15) is 13.2 Å². The summed E-state index contributed by atoms with van der Waals surface area (Å²) in [5.41, 5.74) is 7.36. The maximum Gasteiger partial charge on any atom is 0.490 e. The summed E-state index contributed by atoms with van der Waals surface area (Å²) < 4.78 is 84.0. The zero-order valence-electron chi connectivity index (χ0n) is 29.1. The first-order valence-electron chi connectivity index (χ1n) is 16.3. The molecule has 4 aromatic rings. The number of carbonyl (C=O) groups excluding carboxylic acids is 2. The first-order chi connectivity index (χ1) is 24.9. The van der Waals surface area contributed by atoms with E-state index in [1.54, 1.807) is 63.4 Å². The Morgan fingerprint density at radius 2 is 1.75 bits per heavy atom. The van der Waals surface area contributed by atoms with Crippen LogP contribution in [0.4, 0.5) is 29.1 Å². The maximum absolute atomic E-state index is 14.8. The second-order valence-corrected chi connectivity index (χ2v) is 14.6. The number of ether oxygens (including phenoxy) is 2. The molecule has 1 aliphatic rings. The van der Waals surface area contributed by atoms with Crippen molar-refractivity contribution in [2.24, 2.45) is 5.92 Å². The van der Waals surface area contributed by atoms with Gasteiger partial charge >= 0.3 is 18.1 Å². The molecule has 5 rings (SSSR count). The van der Waals surface area contributed by atoms with Crippen molar-refractivity contribution < 1.29 is 54.9 Å². The number of nitrogens with zero attached hydrogens (tertiary/aromatic N) is 2. The van der Waals surface area contributed by atoms with E-state index in [1.165, 1.54) is 36.3 Å². The number of pyridine rings is 1. The van der Waals surface area contributed by atoms with Gasteiger partial charge < -0.3 is 30.5 Å². The lowest BCUT2D eigenvalue weighted by Gasteiger charge is -2.33. The molecule has 12 nitrogen and oxygen atoms in total. The molecule has 0 radical (unpaired) electrons. The van der Waals surface area contributed by atoms with E-state index < -0.39 is 62.9 Å². The van der Waals surface area contributed by atoms with Gasteiger partial charge in [-0.05, 0) is 86.2 Å². The summed E-state index contributed by atoms with van der Waals surface area (Å²) >= 11 is 0. The fraction of sp³-hybridized carbons (Fsp3) is 0.333. The molecule has 3 atom stereocenters. The summed E-state index contributed by atoms with van der Waals surface area (Å²) in [5, 5.41) is 11.2. The third-order valence-corrected chi connectivity index (χ3v) is 10.8. The average molecular weight is 763 g/mol. The number of nitrogen functional groups attached to an aromatic ring is 1. The summed E-state index contributed by atoms with van der Waals surface area (Å²) in [5.74, 6) is -4.81. The van der Waals surface area contributed by atoms with Crippen LogP contribution in [0.5, 0.6) is 5.75 Å². The molecule has 53 heavy (non-hydrogen) atoms. The Kier molecular flexibility index (Phi) is 12.5. The van der Waals surface area contributed by atoms with Gasteiger partial charge in [0, 0.05) is 23.8 Å². The number of rotatable bonds is 10. The molecule has 1 aliphatic heterocycles. The Hall–Kier alpha value is -5.45. The van der Waals surface area contributed by atoms with Gasteiger partial charge in [-0.25, -0.2) is 22.6 Å². The molecule has 1 amide bonds. The molecule has 0 bridgehead atoms. The Morgan fingerprint density at radius 3 is 2.38 bits per heavy atom. The summed E-state index contributed by atoms with van der Waals surface area (Å²) in [6.07, 6.45) is -3.25. The number of sulfone groups is 1. The number of halogens is 4. The average Bonchev–Trinajstić information content (AvgIpc) is 3.56. The minimum Gasteiger partial charge on any atom is -0.491 e. The maximum atomic E-state index is 14.8. The van der Waals surface area contributed by atoms with E-state index in [2.05, 4.69) is 10.3 Å². The van der Waals surface area contributed by atoms with Crippen LogP contribution in [0, 0.1) is 11.7 Å². The minimum absolute atomic E-state index is 0.0178. The third kappa shape index (κ3) is 8.96. The number of hydrogen-bond donors (Lipinski definition) is 3. The van der Waals surface area contributed by atoms with Crippen molar-refractivity contribution in [1.29, 1.82) is 0 Å². The van der Waals surface area contributed by atoms with Crippen molar-refractivity contribution in [2.45, 2.75) is 55.6 Å². The molecule has 1 saturated heterocycles. The van der Waals surface area contributed by atoms with Gasteiger partial charge in [0.15, 0.2) is 21.4 Å². The molecule has 2 heterocycles. The van der Waals surface area contributed by atoms with E-state index >= 15 is 0 Å². The Balaban J connectivity index is 0.000000815. The van der Waals surface area contributed by atoms with Crippen molar-refractivity contribution in [3.8, 4) is 5.75 Å². The number of fused-ring (bicyclic) bond motifs is 1. The molecule has 4 N–H and O–H groups in total. The molecule has 17 heteroatoms. The second-order valence-electron chi connectivity index (χ2n) is 12.2. The van der Waals surface area contributed by atoms with Crippen LogP contribution < -0.4 is 15.8 Å². The van der Waals surface area contributed by atoms with Crippen molar-refractivity contribution in [2.75, 3.05) is 31.3 Å². The Morgan fingerprint density at radius 1 is 1.08 bits per heavy atom. The van der Waals surface area contributed by atoms with Gasteiger partial charge in [0.1, 0.15) is 11.9 Å². The lowest BCUT2D eigenvalue weighted by atomic mass is 9.93. The van der Waals surface area contributed by atoms with Gasteiger partial charge in [0.2, 0.25) is 5.91 Å². The van der Waals surface area contributed by atoms with Crippen LogP contribution in [0.15, 0.2) is 77.8 Å². The zero-order valence-corrected chi connectivity index (χ0v) is 29.9. The number of aromatic nitrogens is 1. The molecule has 0 spiro atoms. The molecule has 1 unspecified atom stereocenters. The lowest BCUT2D eigenvalue weighted by Crippen LogP contribution is -2.40. The molecule has 3 aromatic carbocycles. The van der Waals surface area contributed by atoms with Crippen molar-refractivity contribution in [3.05, 3.63) is 89.9 Å². The quantitative estimate of drug-likeness (QED) is 0.126. The number of alkyl halides is 3. The van der Waals surface area contributed by atoms with E-state index in [9.17, 15) is 35.6 Å². The number of benzene rings is 3. The van der Waals surface area contributed by atoms with E-state index in [4.69, 9.17) is 25.1 Å². The van der Waals surface area contributed by atoms with Gasteiger partial charge in [-0.1, -0.05) is 24.3 Å². The number of likely N-dealkylation sites (tertiary alicyclic amines) is 1. The second kappa shape index (κ2) is 16.5. The van der Waals surface area contributed by atoms with Crippen LogP contribution in [0.3, 0.4) is 0 Å². The van der Waals surface area contributed by atoms with Crippen LogP contribution in [0.2, 0.25) is 0 Å². The predicted octanol–water partition coefficient (Wildman–Crippen LogP) is 6.09. The van der Waals surface area contributed by atoms with Crippen LogP contribution in [0.25, 0.3) is 10.8 Å². The monoisotopic (exact) mass is 762 g/mol. The zero-order chi connectivity index (χ0) is 39.2. The van der Waals surface area contributed by atoms with Crippen LogP contribution >= 0.6 is 0 Å². The normalized spacial score (nSPS) is 16.4. The number of hydrogen-bond acceptors (Lipinski definition) is 10. The van der Waals surface area contributed by atoms with Crippen LogP contribution in [0.1, 0.15) is 50.4 Å². The highest BCUT2D eigenvalue weighted by Crippen LogP contribution is 2.43. The summed E-state index contributed by atoms with van der Waals surface area (Å²) in [7, 11) is -2.53. The smallest absolute Gasteiger partial charge is 0.490 e. The number of methoxy groups -OCH3 is 1. The highest BCUT2D eigenvalue weighted by molar-refractivity contribution is 7.92. The number of amides is 1. The minimum atomic E-state index is -5.08. The van der Waals surface area contributed by atoms with Gasteiger partial charge in [0.05, 0.1) is 35.8 Å². The molecule has 1 aromatic heterocycles. The fourth-order valence-electron chi connectivity index (χ4n) is 5.94. The number of carboxylic acid groups (broad SMARTS) is 1. The topological polar surface area (TPSA) is 178 Å².